The lowest BCUT2D eigenvalue weighted by atomic mass is 9.90. The van der Waals surface area contributed by atoms with Crippen LogP contribution in [0, 0.1) is 11.8 Å². The maximum absolute atomic E-state index is 11.8. The number of unbranched alkanes of at least 4 members (excludes halogenated alkanes) is 1. The molecule has 2 atom stereocenters. The largest absolute Gasteiger partial charge is 0.319 e. The molecule has 0 aliphatic rings. The average Bonchev–Trinajstić information content (AvgIpc) is 2.24. The third-order valence-corrected chi connectivity index (χ3v) is 3.09. The highest BCUT2D eigenvalue weighted by atomic mass is 16.1. The Labute approximate surface area is 94.8 Å². The Hall–Kier alpha value is -0.370. The predicted molar refractivity (Wildman–Crippen MR) is 66.0 cm³/mol. The van der Waals surface area contributed by atoms with Crippen LogP contribution in [0.25, 0.3) is 0 Å². The molecule has 0 saturated heterocycles. The van der Waals surface area contributed by atoms with Gasteiger partial charge >= 0.3 is 0 Å². The molecule has 0 fully saturated rings. The maximum Gasteiger partial charge on any atom is 0.137 e. The number of rotatable bonds is 9. The Morgan fingerprint density at radius 2 is 2.00 bits per heavy atom. The van der Waals surface area contributed by atoms with Gasteiger partial charge in [0.1, 0.15) is 5.78 Å². The molecule has 0 radical (unpaired) electrons. The average molecular weight is 213 g/mol. The molecule has 1 N–H and O–H groups in total. The van der Waals surface area contributed by atoms with Crippen LogP contribution in [0.3, 0.4) is 0 Å². The van der Waals surface area contributed by atoms with Crippen LogP contribution in [-0.2, 0) is 4.79 Å². The zero-order valence-electron chi connectivity index (χ0n) is 10.8. The summed E-state index contributed by atoms with van der Waals surface area (Å²) < 4.78 is 0. The Balaban J connectivity index is 3.88. The van der Waals surface area contributed by atoms with Gasteiger partial charge in [0.25, 0.3) is 0 Å². The van der Waals surface area contributed by atoms with Crippen molar-refractivity contribution in [1.29, 1.82) is 0 Å². The lowest BCUT2D eigenvalue weighted by molar-refractivity contribution is -0.123. The van der Waals surface area contributed by atoms with Crippen molar-refractivity contribution in [3.8, 4) is 0 Å². The number of carbonyl (C=O) groups is 1. The van der Waals surface area contributed by atoms with E-state index in [2.05, 4.69) is 19.2 Å². The predicted octanol–water partition coefficient (Wildman–Crippen LogP) is 3.02. The summed E-state index contributed by atoms with van der Waals surface area (Å²) in [5, 5.41) is 3.06. The van der Waals surface area contributed by atoms with Gasteiger partial charge in [-0.25, -0.2) is 0 Å². The molecule has 2 heteroatoms. The smallest absolute Gasteiger partial charge is 0.137 e. The molecule has 0 spiro atoms. The zero-order valence-corrected chi connectivity index (χ0v) is 10.8. The SMILES string of the molecule is CCCCC(CC)CC(=O)C(C)CNC. The molecule has 15 heavy (non-hydrogen) atoms. The van der Waals surface area contributed by atoms with Gasteiger partial charge in [0.2, 0.25) is 0 Å². The van der Waals surface area contributed by atoms with E-state index in [0.717, 1.165) is 19.4 Å². The second-order valence-corrected chi connectivity index (χ2v) is 4.55. The minimum Gasteiger partial charge on any atom is -0.319 e. The van der Waals surface area contributed by atoms with Crippen molar-refractivity contribution in [3.63, 3.8) is 0 Å². The number of ketones is 1. The van der Waals surface area contributed by atoms with Crippen molar-refractivity contribution < 1.29 is 4.79 Å². The van der Waals surface area contributed by atoms with Gasteiger partial charge in [0.05, 0.1) is 0 Å². The fraction of sp³-hybridized carbons (Fsp3) is 0.923. The molecule has 0 heterocycles. The minimum absolute atomic E-state index is 0.172. The first-order valence-corrected chi connectivity index (χ1v) is 6.32. The first-order valence-electron chi connectivity index (χ1n) is 6.32. The summed E-state index contributed by atoms with van der Waals surface area (Å²) in [5.74, 6) is 1.20. The van der Waals surface area contributed by atoms with Crippen molar-refractivity contribution in [2.45, 2.75) is 52.9 Å². The van der Waals surface area contributed by atoms with Crippen LogP contribution >= 0.6 is 0 Å². The lowest BCUT2D eigenvalue weighted by Gasteiger charge is -2.16. The van der Waals surface area contributed by atoms with Gasteiger partial charge in [-0.05, 0) is 13.0 Å². The van der Waals surface area contributed by atoms with E-state index < -0.39 is 0 Å². The number of nitrogens with one attached hydrogen (secondary N) is 1. The van der Waals surface area contributed by atoms with Crippen LogP contribution in [0.2, 0.25) is 0 Å². The van der Waals surface area contributed by atoms with Gasteiger partial charge in [0.15, 0.2) is 0 Å². The van der Waals surface area contributed by atoms with Crippen LogP contribution in [0.1, 0.15) is 52.9 Å². The summed E-state index contributed by atoms with van der Waals surface area (Å²) in [4.78, 5) is 11.8. The molecule has 0 bridgehead atoms. The first-order chi connectivity index (χ1) is 7.15. The topological polar surface area (TPSA) is 29.1 Å². The van der Waals surface area contributed by atoms with Gasteiger partial charge in [-0.2, -0.15) is 0 Å². The zero-order chi connectivity index (χ0) is 11.7. The molecule has 0 aromatic heterocycles. The molecule has 0 aliphatic heterocycles. The summed E-state index contributed by atoms with van der Waals surface area (Å²) in [7, 11) is 1.90. The second kappa shape index (κ2) is 8.90. The lowest BCUT2D eigenvalue weighted by Crippen LogP contribution is -2.25. The summed E-state index contributed by atoms with van der Waals surface area (Å²) in [6.45, 7) is 7.23. The number of Topliss-reactive ketones (excluding diaryl/α,β-unsaturated/α-hetero) is 1. The van der Waals surface area contributed by atoms with Crippen molar-refractivity contribution in [3.05, 3.63) is 0 Å². The number of carbonyl (C=O) groups excluding carboxylic acids is 1. The molecule has 0 rings (SSSR count). The Bertz CT molecular complexity index is 168. The molecule has 90 valence electrons. The van der Waals surface area contributed by atoms with Crippen LogP contribution < -0.4 is 5.32 Å². The fourth-order valence-electron chi connectivity index (χ4n) is 1.85. The highest BCUT2D eigenvalue weighted by molar-refractivity contribution is 5.81. The quantitative estimate of drug-likeness (QED) is 0.638. The van der Waals surface area contributed by atoms with Crippen molar-refractivity contribution in [2.24, 2.45) is 11.8 Å². The van der Waals surface area contributed by atoms with Gasteiger partial charge in [0, 0.05) is 18.9 Å². The third kappa shape index (κ3) is 6.67. The van der Waals surface area contributed by atoms with E-state index in [-0.39, 0.29) is 5.92 Å². The van der Waals surface area contributed by atoms with Crippen LogP contribution in [0.15, 0.2) is 0 Å². The summed E-state index contributed by atoms with van der Waals surface area (Å²) >= 11 is 0. The van der Waals surface area contributed by atoms with Gasteiger partial charge < -0.3 is 5.32 Å². The van der Waals surface area contributed by atoms with E-state index in [4.69, 9.17) is 0 Å². The minimum atomic E-state index is 0.172. The van der Waals surface area contributed by atoms with Gasteiger partial charge in [-0.15, -0.1) is 0 Å². The summed E-state index contributed by atoms with van der Waals surface area (Å²) in [6, 6.07) is 0. The fourth-order valence-corrected chi connectivity index (χ4v) is 1.85. The van der Waals surface area contributed by atoms with E-state index >= 15 is 0 Å². The molecule has 0 saturated carbocycles. The van der Waals surface area contributed by atoms with Crippen molar-refractivity contribution >= 4 is 5.78 Å². The maximum atomic E-state index is 11.8. The molecule has 2 nitrogen and oxygen atoms in total. The third-order valence-electron chi connectivity index (χ3n) is 3.09. The first kappa shape index (κ1) is 14.6. The molecule has 0 amide bonds. The Morgan fingerprint density at radius 3 is 2.47 bits per heavy atom. The van der Waals surface area contributed by atoms with E-state index in [1.807, 2.05) is 14.0 Å². The van der Waals surface area contributed by atoms with E-state index in [9.17, 15) is 4.79 Å². The highest BCUT2D eigenvalue weighted by Gasteiger charge is 2.16. The molecule has 2 unspecified atom stereocenters. The van der Waals surface area contributed by atoms with Crippen LogP contribution in [0.4, 0.5) is 0 Å². The normalized spacial score (nSPS) is 14.9. The molecule has 0 aromatic carbocycles. The van der Waals surface area contributed by atoms with Crippen molar-refractivity contribution in [1.82, 2.24) is 5.32 Å². The molecule has 0 aromatic rings. The van der Waals surface area contributed by atoms with Gasteiger partial charge in [-0.1, -0.05) is 46.5 Å². The Kier molecular flexibility index (Phi) is 8.68. The summed E-state index contributed by atoms with van der Waals surface area (Å²) in [6.07, 6.45) is 5.62. The monoisotopic (exact) mass is 213 g/mol. The van der Waals surface area contributed by atoms with Crippen LogP contribution in [-0.4, -0.2) is 19.4 Å². The highest BCUT2D eigenvalue weighted by Crippen LogP contribution is 2.18. The molecular formula is C13H27NO. The molecule has 0 aliphatic carbocycles. The van der Waals surface area contributed by atoms with Crippen LogP contribution in [0.5, 0.6) is 0 Å². The van der Waals surface area contributed by atoms with E-state index in [1.54, 1.807) is 0 Å². The number of hydrogen-bond donors (Lipinski definition) is 1. The standard InChI is InChI=1S/C13H27NO/c1-5-7-8-12(6-2)9-13(15)11(3)10-14-4/h11-12,14H,5-10H2,1-4H3. The van der Waals surface area contributed by atoms with E-state index in [0.29, 0.717) is 11.7 Å². The van der Waals surface area contributed by atoms with Gasteiger partial charge in [-0.3, -0.25) is 4.79 Å². The summed E-state index contributed by atoms with van der Waals surface area (Å²) in [5.41, 5.74) is 0. The molecular weight excluding hydrogens is 186 g/mol. The Morgan fingerprint density at radius 1 is 1.33 bits per heavy atom. The number of hydrogen-bond acceptors (Lipinski definition) is 2. The second-order valence-electron chi connectivity index (χ2n) is 4.55. The van der Waals surface area contributed by atoms with Crippen molar-refractivity contribution in [2.75, 3.05) is 13.6 Å². The van der Waals surface area contributed by atoms with E-state index in [1.165, 1.54) is 19.3 Å².